The first-order chi connectivity index (χ1) is 53.0. The number of aliphatic hydroxyl groups excluding tert-OH is 6. The van der Waals surface area contributed by atoms with Crippen LogP contribution >= 0.6 is 0 Å². The van der Waals surface area contributed by atoms with Crippen LogP contribution in [0.5, 0.6) is 0 Å². The lowest BCUT2D eigenvalue weighted by molar-refractivity contribution is -0.143. The Bertz CT molecular complexity index is 3440. The van der Waals surface area contributed by atoms with Gasteiger partial charge >= 0.3 is 17.9 Å². The second-order valence-corrected chi connectivity index (χ2v) is 26.0. The molecule has 0 aliphatic carbocycles. The van der Waals surface area contributed by atoms with Crippen molar-refractivity contribution in [2.75, 3.05) is 46.0 Å². The summed E-state index contributed by atoms with van der Waals surface area (Å²) < 4.78 is 0. The predicted molar refractivity (Wildman–Crippen MR) is 391 cm³/mol. The van der Waals surface area contributed by atoms with E-state index >= 15 is 0 Å². The number of hydrogen-bond acceptors (Lipinski definition) is 27. The van der Waals surface area contributed by atoms with Crippen molar-refractivity contribution in [3.8, 4) is 0 Å². The van der Waals surface area contributed by atoms with Crippen LogP contribution in [0.4, 0.5) is 0 Å². The Morgan fingerprint density at radius 2 is 0.796 bits per heavy atom. The van der Waals surface area contributed by atoms with Gasteiger partial charge < -0.3 is 149 Å². The maximum atomic E-state index is 14.3. The first-order valence-electron chi connectivity index (χ1n) is 35.6. The number of nitrogens with zero attached hydrogens (tertiary/aromatic N) is 1. The third kappa shape index (κ3) is 37.9. The molecule has 634 valence electrons. The van der Waals surface area contributed by atoms with E-state index in [0.29, 0.717) is 12.0 Å². The van der Waals surface area contributed by atoms with Crippen molar-refractivity contribution in [1.29, 1.82) is 0 Å². The molecule has 15 amide bonds. The summed E-state index contributed by atoms with van der Waals surface area (Å²) in [6.45, 7) is 0.868. The van der Waals surface area contributed by atoms with Crippen molar-refractivity contribution in [2.24, 2.45) is 39.6 Å². The number of nitrogens with one attached hydrogen (secondary N) is 14. The van der Waals surface area contributed by atoms with Gasteiger partial charge in [0.05, 0.1) is 57.6 Å². The summed E-state index contributed by atoms with van der Waals surface area (Å²) in [5, 5.41) is 121. The van der Waals surface area contributed by atoms with Crippen LogP contribution in [0, 0.1) is 5.92 Å². The molecule has 0 aliphatic rings. The summed E-state index contributed by atoms with van der Waals surface area (Å²) in [6.07, 6.45) is -8.67. The fraction of sp³-hybridized carbons (Fsp3) is 0.621. The number of carbonyl (C=O) groups excluding carboxylic acids is 15. The third-order valence-corrected chi connectivity index (χ3v) is 16.7. The number of benzene rings is 1. The zero-order valence-corrected chi connectivity index (χ0v) is 62.8. The third-order valence-electron chi connectivity index (χ3n) is 16.7. The molecule has 33 N–H and O–H groups in total. The molecular formula is C66H108N20O27. The highest BCUT2D eigenvalue weighted by molar-refractivity contribution is 6.01. The summed E-state index contributed by atoms with van der Waals surface area (Å²) in [5.74, 6) is -23.7. The minimum atomic E-state index is -2.00. The zero-order chi connectivity index (χ0) is 85.9. The molecule has 0 saturated carbocycles. The lowest BCUT2D eigenvalue weighted by Crippen LogP contribution is -2.63. The van der Waals surface area contributed by atoms with E-state index in [2.05, 4.69) is 79.4 Å². The Balaban J connectivity index is 3.36. The summed E-state index contributed by atoms with van der Waals surface area (Å²) in [4.78, 5) is 241. The number of primary amides is 1. The van der Waals surface area contributed by atoms with E-state index in [0.717, 1.165) is 20.8 Å². The van der Waals surface area contributed by atoms with Crippen LogP contribution in [0.1, 0.15) is 111 Å². The van der Waals surface area contributed by atoms with E-state index in [9.17, 15) is 132 Å². The van der Waals surface area contributed by atoms with Gasteiger partial charge in [-0.3, -0.25) is 86.5 Å². The first-order valence-corrected chi connectivity index (χ1v) is 35.6. The fourth-order valence-electron chi connectivity index (χ4n) is 10.1. The smallest absolute Gasteiger partial charge is 0.326 e. The molecule has 0 unspecified atom stereocenters. The summed E-state index contributed by atoms with van der Waals surface area (Å²) in [6, 6.07) is -15.3. The zero-order valence-electron chi connectivity index (χ0n) is 62.8. The van der Waals surface area contributed by atoms with E-state index in [1.165, 1.54) is 6.92 Å². The number of carbonyl (C=O) groups is 18. The topological polar surface area (TPSA) is 800 Å². The largest absolute Gasteiger partial charge is 0.481 e. The molecule has 47 nitrogen and oxygen atoms in total. The molecule has 0 spiro atoms. The average molecular weight is 1610 g/mol. The Hall–Kier alpha value is -11.4. The Morgan fingerprint density at radius 3 is 1.23 bits per heavy atom. The number of amides is 15. The van der Waals surface area contributed by atoms with Crippen LogP contribution in [-0.4, -0.2) is 301 Å². The number of guanidine groups is 1. The van der Waals surface area contributed by atoms with Gasteiger partial charge in [0.15, 0.2) is 5.96 Å². The Labute approximate surface area is 647 Å². The molecule has 0 fully saturated rings. The number of carboxylic acids is 3. The van der Waals surface area contributed by atoms with Crippen LogP contribution in [0.2, 0.25) is 0 Å². The van der Waals surface area contributed by atoms with Crippen LogP contribution in [0.25, 0.3) is 0 Å². The van der Waals surface area contributed by atoms with Crippen molar-refractivity contribution >= 4 is 112 Å². The van der Waals surface area contributed by atoms with Crippen LogP contribution in [0.3, 0.4) is 0 Å². The highest BCUT2D eigenvalue weighted by Gasteiger charge is 2.39. The number of aliphatic hydroxyl groups is 6. The Morgan fingerprint density at radius 1 is 0.416 bits per heavy atom. The van der Waals surface area contributed by atoms with Gasteiger partial charge in [-0.05, 0) is 83.7 Å². The number of rotatable bonds is 55. The number of aliphatic carboxylic acids is 3. The molecule has 1 rings (SSSR count). The predicted octanol–water partition coefficient (Wildman–Crippen LogP) is -13.4. The van der Waals surface area contributed by atoms with Crippen LogP contribution in [-0.2, 0) is 92.7 Å². The molecular weight excluding hydrogens is 1500 g/mol. The quantitative estimate of drug-likeness (QED) is 0.0164. The number of aliphatic imine (C=N–C) groups is 1. The monoisotopic (exact) mass is 1610 g/mol. The lowest BCUT2D eigenvalue weighted by atomic mass is 9.97. The van der Waals surface area contributed by atoms with Gasteiger partial charge in [-0.25, -0.2) is 4.79 Å². The molecule has 0 radical (unpaired) electrons. The maximum Gasteiger partial charge on any atom is 0.326 e. The van der Waals surface area contributed by atoms with Crippen molar-refractivity contribution in [3.05, 3.63) is 35.9 Å². The summed E-state index contributed by atoms with van der Waals surface area (Å²) >= 11 is 0. The normalized spacial score (nSPS) is 15.5. The second kappa shape index (κ2) is 52.0. The molecule has 0 bridgehead atoms. The first kappa shape index (κ1) is 99.6. The molecule has 0 aromatic heterocycles. The van der Waals surface area contributed by atoms with E-state index in [1.54, 1.807) is 37.3 Å². The van der Waals surface area contributed by atoms with E-state index in [4.69, 9.17) is 28.7 Å². The van der Waals surface area contributed by atoms with Crippen LogP contribution < -0.4 is 103 Å². The summed E-state index contributed by atoms with van der Waals surface area (Å²) in [7, 11) is 0. The molecule has 47 heteroatoms. The fourth-order valence-corrected chi connectivity index (χ4v) is 10.1. The van der Waals surface area contributed by atoms with E-state index < -0.39 is 274 Å². The molecule has 0 saturated heterocycles. The minimum absolute atomic E-state index is 0.0482. The van der Waals surface area contributed by atoms with Crippen molar-refractivity contribution in [1.82, 2.24) is 74.4 Å². The van der Waals surface area contributed by atoms with Gasteiger partial charge in [0.2, 0.25) is 88.6 Å². The molecule has 0 heterocycles. The van der Waals surface area contributed by atoms with Crippen molar-refractivity contribution in [2.45, 2.75) is 209 Å². The van der Waals surface area contributed by atoms with E-state index in [-0.39, 0.29) is 57.6 Å². The standard InChI is InChI=1S/C66H108N20O27/c1-6-30(2)50(62(109)80-39(23-34-13-8-7-9-14-34)57(104)85-52(33(5)92)64(111)81-40(24-44(68)93)58(105)86-51(32(4)91)63(110)79-38(65(112)113)15-10-11-21-67)84-46(95)26-74-54(101)41(27-87)82-55(102)36(17-19-47(96)97)77-59(106)42(28-88)75-45(94)25-73-53(100)35(16-12-22-72-66(70)71)76-60(107)43(29-89)83-56(103)37(18-20-48(98)99)78-61(108)49(69)31(3)90/h7-9,13-14,30-33,35-43,49-52,87-92H,6,10-12,15-29,67,69H2,1-5H3,(H2,68,93)(H,73,100)(H,74,101)(H,75,94)(H,76,107)(H,77,106)(H,78,108)(H,79,110)(H,80,109)(H,81,111)(H,82,102)(H,83,103)(H,84,95)(H,85,104)(H,86,105)(H,96,97)(H,98,99)(H,112,113)(H4,70,71,72)/t30-,31+,32+,33+,35-,36-,37-,38-,39-,40-,41-,42-,43-,49-,50-,51-,52-/m0/s1. The number of nitrogens with two attached hydrogens (primary N) is 5. The number of unbranched alkanes of at least 4 members (excludes halogenated alkanes) is 1. The van der Waals surface area contributed by atoms with E-state index in [1.807, 2.05) is 0 Å². The maximum absolute atomic E-state index is 14.3. The average Bonchev–Trinajstić information content (AvgIpc) is 0.851. The van der Waals surface area contributed by atoms with Gasteiger partial charge in [-0.2, -0.15) is 0 Å². The molecule has 17 atom stereocenters. The van der Waals surface area contributed by atoms with Crippen molar-refractivity contribution < 1.29 is 132 Å². The van der Waals surface area contributed by atoms with Gasteiger partial charge in [-0.1, -0.05) is 50.6 Å². The number of carboxylic acid groups (broad SMARTS) is 3. The number of hydrogen-bond donors (Lipinski definition) is 28. The lowest BCUT2D eigenvalue weighted by Gasteiger charge is -2.29. The van der Waals surface area contributed by atoms with Crippen molar-refractivity contribution in [3.63, 3.8) is 0 Å². The highest BCUT2D eigenvalue weighted by Crippen LogP contribution is 2.13. The molecule has 113 heavy (non-hydrogen) atoms. The SMILES string of the molecule is CC[C@H](C)[C@H](NC(=O)CNC(=O)[C@H](CO)NC(=O)[C@H](CCC(=O)O)NC(=O)[C@H](CO)NC(=O)CNC(=O)[C@H](CCCN=C(N)N)NC(=O)[C@H](CO)NC(=O)[C@H](CCC(=O)O)NC(=O)[C@@H](N)[C@@H](C)O)C(=O)N[C@@H](Cc1ccccc1)C(=O)N[C@H](C(=O)N[C@@H](CC(N)=O)C(=O)N[C@H](C(=O)N[C@@H](CCCCN)C(=O)O)[C@@H](C)O)[C@@H](C)O. The molecule has 1 aromatic rings. The van der Waals surface area contributed by atoms with Gasteiger partial charge in [0, 0.05) is 25.8 Å². The van der Waals surface area contributed by atoms with Gasteiger partial charge in [0.25, 0.3) is 0 Å². The second-order valence-electron chi connectivity index (χ2n) is 26.0. The Kier molecular flexibility index (Phi) is 45.8. The molecule has 1 aromatic carbocycles. The summed E-state index contributed by atoms with van der Waals surface area (Å²) in [5.41, 5.74) is 27.7. The van der Waals surface area contributed by atoms with Gasteiger partial charge in [0.1, 0.15) is 78.5 Å². The molecule has 0 aliphatic heterocycles. The minimum Gasteiger partial charge on any atom is -0.481 e. The highest BCUT2D eigenvalue weighted by atomic mass is 16.4. The van der Waals surface area contributed by atoms with Gasteiger partial charge in [-0.15, -0.1) is 0 Å². The van der Waals surface area contributed by atoms with Crippen LogP contribution in [0.15, 0.2) is 35.3 Å².